The second kappa shape index (κ2) is 4.11. The van der Waals surface area contributed by atoms with Crippen molar-refractivity contribution in [1.29, 1.82) is 0 Å². The van der Waals surface area contributed by atoms with Crippen molar-refractivity contribution < 1.29 is 4.42 Å². The molecule has 0 radical (unpaired) electrons. The van der Waals surface area contributed by atoms with Gasteiger partial charge in [0.25, 0.3) is 0 Å². The number of piperidine rings is 1. The zero-order valence-electron chi connectivity index (χ0n) is 8.57. The van der Waals surface area contributed by atoms with E-state index in [1.807, 2.05) is 0 Å². The topological polar surface area (TPSA) is 55.3 Å². The lowest BCUT2D eigenvalue weighted by molar-refractivity contribution is 0.253. The summed E-state index contributed by atoms with van der Waals surface area (Å²) in [6, 6.07) is 0. The molecular formula is C10H17N3O. The Morgan fingerprint density at radius 1 is 1.57 bits per heavy atom. The third-order valence-corrected chi connectivity index (χ3v) is 2.88. The van der Waals surface area contributed by atoms with Crippen LogP contribution >= 0.6 is 0 Å². The smallest absolute Gasteiger partial charge is 0.207 e. The van der Waals surface area contributed by atoms with Crippen molar-refractivity contribution in [2.75, 3.05) is 20.1 Å². The van der Waals surface area contributed by atoms with Gasteiger partial charge in [-0.1, -0.05) is 0 Å². The standard InChI is InChI=1S/C10H17N3O/c1-13-4-2-8(3-5-13)9-7-14-10(6-11)12-9/h7-8H,2-6,11H2,1H3. The van der Waals surface area contributed by atoms with Crippen LogP contribution in [0.25, 0.3) is 0 Å². The highest BCUT2D eigenvalue weighted by Gasteiger charge is 2.20. The first-order valence-electron chi connectivity index (χ1n) is 5.12. The second-order valence-corrected chi connectivity index (χ2v) is 3.95. The zero-order chi connectivity index (χ0) is 9.97. The second-order valence-electron chi connectivity index (χ2n) is 3.95. The fourth-order valence-corrected chi connectivity index (χ4v) is 1.91. The lowest BCUT2D eigenvalue weighted by Crippen LogP contribution is -2.29. The summed E-state index contributed by atoms with van der Waals surface area (Å²) in [7, 11) is 2.16. The highest BCUT2D eigenvalue weighted by Crippen LogP contribution is 2.26. The van der Waals surface area contributed by atoms with Crippen molar-refractivity contribution >= 4 is 0 Å². The summed E-state index contributed by atoms with van der Waals surface area (Å²) in [6.45, 7) is 2.69. The SMILES string of the molecule is CN1CCC(c2coc(CN)n2)CC1. The minimum atomic E-state index is 0.395. The van der Waals surface area contributed by atoms with Crippen LogP contribution in [0.4, 0.5) is 0 Å². The van der Waals surface area contributed by atoms with Crippen LogP contribution in [0.15, 0.2) is 10.7 Å². The minimum absolute atomic E-state index is 0.395. The number of nitrogens with zero attached hydrogens (tertiary/aromatic N) is 2. The monoisotopic (exact) mass is 195 g/mol. The highest BCUT2D eigenvalue weighted by molar-refractivity contribution is 5.05. The van der Waals surface area contributed by atoms with Crippen molar-refractivity contribution in [1.82, 2.24) is 9.88 Å². The molecule has 4 heteroatoms. The molecule has 0 bridgehead atoms. The molecule has 0 aromatic carbocycles. The normalized spacial score (nSPS) is 20.1. The van der Waals surface area contributed by atoms with E-state index in [2.05, 4.69) is 16.9 Å². The molecular weight excluding hydrogens is 178 g/mol. The molecule has 0 amide bonds. The van der Waals surface area contributed by atoms with Crippen molar-refractivity contribution in [3.05, 3.63) is 17.8 Å². The lowest BCUT2D eigenvalue weighted by atomic mass is 9.94. The molecule has 1 saturated heterocycles. The first-order chi connectivity index (χ1) is 6.79. The lowest BCUT2D eigenvalue weighted by Gasteiger charge is -2.27. The van der Waals surface area contributed by atoms with E-state index in [1.165, 1.54) is 12.8 Å². The molecule has 4 nitrogen and oxygen atoms in total. The third-order valence-electron chi connectivity index (χ3n) is 2.88. The van der Waals surface area contributed by atoms with Gasteiger partial charge in [0.15, 0.2) is 0 Å². The van der Waals surface area contributed by atoms with Crippen LogP contribution in [-0.2, 0) is 6.54 Å². The molecule has 1 aromatic rings. The van der Waals surface area contributed by atoms with Crippen LogP contribution in [-0.4, -0.2) is 30.0 Å². The Hall–Kier alpha value is -0.870. The van der Waals surface area contributed by atoms with Crippen molar-refractivity contribution in [3.63, 3.8) is 0 Å². The maximum Gasteiger partial charge on any atom is 0.207 e. The molecule has 0 spiro atoms. The van der Waals surface area contributed by atoms with E-state index in [4.69, 9.17) is 10.2 Å². The van der Waals surface area contributed by atoms with Gasteiger partial charge in [-0.2, -0.15) is 0 Å². The van der Waals surface area contributed by atoms with Crippen LogP contribution in [0.3, 0.4) is 0 Å². The van der Waals surface area contributed by atoms with Gasteiger partial charge in [0.2, 0.25) is 5.89 Å². The number of rotatable bonds is 2. The Morgan fingerprint density at radius 2 is 2.29 bits per heavy atom. The molecule has 78 valence electrons. The zero-order valence-corrected chi connectivity index (χ0v) is 8.57. The number of oxazole rings is 1. The summed E-state index contributed by atoms with van der Waals surface area (Å²) in [5, 5.41) is 0. The Kier molecular flexibility index (Phi) is 2.84. The van der Waals surface area contributed by atoms with Gasteiger partial charge in [-0.15, -0.1) is 0 Å². The predicted octanol–water partition coefficient (Wildman–Crippen LogP) is 0.943. The molecule has 1 aliphatic heterocycles. The molecule has 0 aliphatic carbocycles. The van der Waals surface area contributed by atoms with Gasteiger partial charge in [-0.3, -0.25) is 0 Å². The molecule has 1 aromatic heterocycles. The predicted molar refractivity (Wildman–Crippen MR) is 53.9 cm³/mol. The summed E-state index contributed by atoms with van der Waals surface area (Å²) in [5.41, 5.74) is 6.53. The summed E-state index contributed by atoms with van der Waals surface area (Å²) in [5.74, 6) is 1.22. The highest BCUT2D eigenvalue weighted by atomic mass is 16.3. The fourth-order valence-electron chi connectivity index (χ4n) is 1.91. The number of likely N-dealkylation sites (tertiary alicyclic amines) is 1. The Labute approximate surface area is 84.1 Å². The summed E-state index contributed by atoms with van der Waals surface area (Å²) >= 11 is 0. The largest absolute Gasteiger partial charge is 0.447 e. The van der Waals surface area contributed by atoms with Gasteiger partial charge in [0.05, 0.1) is 12.2 Å². The molecule has 2 rings (SSSR count). The van der Waals surface area contributed by atoms with Gasteiger partial charge in [-0.05, 0) is 33.0 Å². The average Bonchev–Trinajstić information content (AvgIpc) is 2.67. The van der Waals surface area contributed by atoms with Gasteiger partial charge in [-0.25, -0.2) is 4.98 Å². The molecule has 0 unspecified atom stereocenters. The van der Waals surface area contributed by atoms with Crippen LogP contribution < -0.4 is 5.73 Å². The third kappa shape index (κ3) is 1.96. The number of aromatic nitrogens is 1. The molecule has 1 aliphatic rings. The quantitative estimate of drug-likeness (QED) is 0.763. The summed E-state index contributed by atoms with van der Waals surface area (Å²) < 4.78 is 5.24. The van der Waals surface area contributed by atoms with E-state index in [9.17, 15) is 0 Å². The summed E-state index contributed by atoms with van der Waals surface area (Å²) in [4.78, 5) is 6.71. The maximum atomic E-state index is 5.45. The number of hydrogen-bond donors (Lipinski definition) is 1. The Balaban J connectivity index is 2.01. The number of hydrogen-bond acceptors (Lipinski definition) is 4. The van der Waals surface area contributed by atoms with Crippen molar-refractivity contribution in [3.8, 4) is 0 Å². The van der Waals surface area contributed by atoms with E-state index in [0.29, 0.717) is 18.4 Å². The average molecular weight is 195 g/mol. The maximum absolute atomic E-state index is 5.45. The van der Waals surface area contributed by atoms with Crippen LogP contribution in [0.2, 0.25) is 0 Å². The first-order valence-corrected chi connectivity index (χ1v) is 5.12. The van der Waals surface area contributed by atoms with Crippen LogP contribution in [0.5, 0.6) is 0 Å². The van der Waals surface area contributed by atoms with Gasteiger partial charge >= 0.3 is 0 Å². The minimum Gasteiger partial charge on any atom is -0.447 e. The number of nitrogens with two attached hydrogens (primary N) is 1. The molecule has 1 fully saturated rings. The molecule has 0 atom stereocenters. The molecule has 2 N–H and O–H groups in total. The van der Waals surface area contributed by atoms with E-state index in [1.54, 1.807) is 6.26 Å². The van der Waals surface area contributed by atoms with Gasteiger partial charge in [0.1, 0.15) is 6.26 Å². The van der Waals surface area contributed by atoms with Gasteiger partial charge < -0.3 is 15.1 Å². The van der Waals surface area contributed by atoms with E-state index in [-0.39, 0.29) is 0 Å². The molecule has 2 heterocycles. The van der Waals surface area contributed by atoms with Gasteiger partial charge in [0, 0.05) is 5.92 Å². The van der Waals surface area contributed by atoms with Crippen molar-refractivity contribution in [2.24, 2.45) is 5.73 Å². The van der Waals surface area contributed by atoms with Crippen LogP contribution in [0, 0.1) is 0 Å². The molecule has 0 saturated carbocycles. The van der Waals surface area contributed by atoms with E-state index < -0.39 is 0 Å². The Morgan fingerprint density at radius 3 is 2.86 bits per heavy atom. The van der Waals surface area contributed by atoms with E-state index in [0.717, 1.165) is 18.8 Å². The van der Waals surface area contributed by atoms with E-state index >= 15 is 0 Å². The fraction of sp³-hybridized carbons (Fsp3) is 0.700. The molecule has 14 heavy (non-hydrogen) atoms. The Bertz CT molecular complexity index is 289. The summed E-state index contributed by atoms with van der Waals surface area (Å²) in [6.07, 6.45) is 4.11. The first kappa shape index (κ1) is 9.68. The van der Waals surface area contributed by atoms with Crippen molar-refractivity contribution in [2.45, 2.75) is 25.3 Å². The van der Waals surface area contributed by atoms with Crippen LogP contribution in [0.1, 0.15) is 30.3 Å².